The lowest BCUT2D eigenvalue weighted by atomic mass is 10.3. The standard InChI is InChI=1S/C19H18N2OS2/c1-14-13-23-19(20-14)21(16-9-5-3-6-10-16)18(22)15(2)24-17-11-7-4-8-12-17/h3-13,15H,1-2H3. The van der Waals surface area contributed by atoms with Gasteiger partial charge in [0, 0.05) is 10.3 Å². The van der Waals surface area contributed by atoms with Crippen LogP contribution in [-0.2, 0) is 4.79 Å². The molecule has 0 radical (unpaired) electrons. The van der Waals surface area contributed by atoms with Gasteiger partial charge >= 0.3 is 0 Å². The molecule has 0 aliphatic rings. The number of nitrogens with zero attached hydrogens (tertiary/aromatic N) is 2. The number of para-hydroxylation sites is 1. The Balaban J connectivity index is 1.89. The summed E-state index contributed by atoms with van der Waals surface area (Å²) >= 11 is 3.05. The summed E-state index contributed by atoms with van der Waals surface area (Å²) in [6, 6.07) is 19.7. The topological polar surface area (TPSA) is 33.2 Å². The normalized spacial score (nSPS) is 11.9. The van der Waals surface area contributed by atoms with Gasteiger partial charge in [-0.3, -0.25) is 9.69 Å². The van der Waals surface area contributed by atoms with Crippen molar-refractivity contribution in [2.75, 3.05) is 4.90 Å². The highest BCUT2D eigenvalue weighted by Gasteiger charge is 2.26. The van der Waals surface area contributed by atoms with E-state index in [1.807, 2.05) is 79.9 Å². The lowest BCUT2D eigenvalue weighted by Gasteiger charge is -2.23. The van der Waals surface area contributed by atoms with E-state index >= 15 is 0 Å². The molecule has 1 atom stereocenters. The molecule has 1 aromatic heterocycles. The molecule has 0 aliphatic carbocycles. The average Bonchev–Trinajstić information content (AvgIpc) is 3.03. The van der Waals surface area contributed by atoms with E-state index in [1.54, 1.807) is 16.7 Å². The number of hydrogen-bond acceptors (Lipinski definition) is 4. The fraction of sp³-hybridized carbons (Fsp3) is 0.158. The fourth-order valence-corrected chi connectivity index (χ4v) is 4.04. The maximum absolute atomic E-state index is 13.1. The van der Waals surface area contributed by atoms with Crippen LogP contribution in [0.25, 0.3) is 0 Å². The predicted octanol–water partition coefficient (Wildman–Crippen LogP) is 5.30. The summed E-state index contributed by atoms with van der Waals surface area (Å²) in [7, 11) is 0. The third-order valence-corrected chi connectivity index (χ3v) is 5.48. The summed E-state index contributed by atoms with van der Waals surface area (Å²) in [6.45, 7) is 3.88. The Kier molecular flexibility index (Phi) is 5.33. The maximum Gasteiger partial charge on any atom is 0.246 e. The van der Waals surface area contributed by atoms with Gasteiger partial charge < -0.3 is 0 Å². The second kappa shape index (κ2) is 7.64. The molecule has 0 N–H and O–H groups in total. The molecular weight excluding hydrogens is 336 g/mol. The van der Waals surface area contributed by atoms with Gasteiger partial charge in [0.1, 0.15) is 0 Å². The number of benzene rings is 2. The highest BCUT2D eigenvalue weighted by molar-refractivity contribution is 8.00. The molecule has 1 heterocycles. The maximum atomic E-state index is 13.1. The van der Waals surface area contributed by atoms with Crippen LogP contribution in [0.2, 0.25) is 0 Å². The molecule has 5 heteroatoms. The Hall–Kier alpha value is -2.11. The largest absolute Gasteiger partial charge is 0.273 e. The Morgan fingerprint density at radius 3 is 2.29 bits per heavy atom. The first-order valence-electron chi connectivity index (χ1n) is 7.68. The van der Waals surface area contributed by atoms with Crippen LogP contribution in [0.5, 0.6) is 0 Å². The molecule has 1 unspecified atom stereocenters. The first-order chi connectivity index (χ1) is 11.6. The third-order valence-electron chi connectivity index (χ3n) is 3.44. The Morgan fingerprint density at radius 2 is 1.71 bits per heavy atom. The highest BCUT2D eigenvalue weighted by atomic mass is 32.2. The van der Waals surface area contributed by atoms with Crippen LogP contribution in [0.4, 0.5) is 10.8 Å². The zero-order chi connectivity index (χ0) is 16.9. The van der Waals surface area contributed by atoms with E-state index in [2.05, 4.69) is 4.98 Å². The van der Waals surface area contributed by atoms with Crippen molar-refractivity contribution in [2.45, 2.75) is 24.0 Å². The molecule has 3 nitrogen and oxygen atoms in total. The number of carbonyl (C=O) groups is 1. The molecular formula is C19H18N2OS2. The van der Waals surface area contributed by atoms with Crippen molar-refractivity contribution < 1.29 is 4.79 Å². The van der Waals surface area contributed by atoms with E-state index in [0.717, 1.165) is 16.3 Å². The monoisotopic (exact) mass is 354 g/mol. The van der Waals surface area contributed by atoms with E-state index in [0.29, 0.717) is 5.13 Å². The molecule has 24 heavy (non-hydrogen) atoms. The summed E-state index contributed by atoms with van der Waals surface area (Å²) in [5.74, 6) is 0.0319. The van der Waals surface area contributed by atoms with Crippen molar-refractivity contribution in [1.82, 2.24) is 4.98 Å². The van der Waals surface area contributed by atoms with Gasteiger partial charge in [-0.1, -0.05) is 36.4 Å². The number of thiazole rings is 1. The summed E-state index contributed by atoms with van der Waals surface area (Å²) in [6.07, 6.45) is 0. The Morgan fingerprint density at radius 1 is 1.08 bits per heavy atom. The van der Waals surface area contributed by atoms with Crippen molar-refractivity contribution in [3.8, 4) is 0 Å². The lowest BCUT2D eigenvalue weighted by Crippen LogP contribution is -2.32. The van der Waals surface area contributed by atoms with Crippen LogP contribution in [0.3, 0.4) is 0 Å². The van der Waals surface area contributed by atoms with Gasteiger partial charge in [0.2, 0.25) is 5.91 Å². The van der Waals surface area contributed by atoms with E-state index in [9.17, 15) is 4.79 Å². The van der Waals surface area contributed by atoms with Crippen molar-refractivity contribution in [3.05, 3.63) is 71.7 Å². The van der Waals surface area contributed by atoms with E-state index in [1.165, 1.54) is 11.3 Å². The first-order valence-corrected chi connectivity index (χ1v) is 9.44. The lowest BCUT2D eigenvalue weighted by molar-refractivity contribution is -0.117. The molecule has 122 valence electrons. The van der Waals surface area contributed by atoms with Crippen molar-refractivity contribution in [1.29, 1.82) is 0 Å². The molecule has 0 fully saturated rings. The first kappa shape index (κ1) is 16.7. The molecule has 0 aliphatic heterocycles. The molecule has 0 bridgehead atoms. The van der Waals surface area contributed by atoms with Gasteiger partial charge in [0.15, 0.2) is 5.13 Å². The molecule has 3 rings (SSSR count). The number of amides is 1. The number of thioether (sulfide) groups is 1. The second-order valence-electron chi connectivity index (χ2n) is 5.35. The zero-order valence-corrected chi connectivity index (χ0v) is 15.2. The predicted molar refractivity (Wildman–Crippen MR) is 102 cm³/mol. The SMILES string of the molecule is Cc1csc(N(C(=O)C(C)Sc2ccccc2)c2ccccc2)n1. The molecule has 3 aromatic rings. The van der Waals surface area contributed by atoms with Gasteiger partial charge in [0.25, 0.3) is 0 Å². The Bertz CT molecular complexity index is 803. The molecule has 0 spiro atoms. The van der Waals surface area contributed by atoms with E-state index in [4.69, 9.17) is 0 Å². The van der Waals surface area contributed by atoms with E-state index in [-0.39, 0.29) is 11.2 Å². The second-order valence-corrected chi connectivity index (χ2v) is 7.60. The van der Waals surface area contributed by atoms with E-state index < -0.39 is 0 Å². The van der Waals surface area contributed by atoms with Crippen molar-refractivity contribution in [3.63, 3.8) is 0 Å². The van der Waals surface area contributed by atoms with Gasteiger partial charge in [-0.05, 0) is 38.1 Å². The number of hydrogen-bond donors (Lipinski definition) is 0. The number of rotatable bonds is 5. The van der Waals surface area contributed by atoms with Gasteiger partial charge in [-0.15, -0.1) is 23.1 Å². The number of aryl methyl sites for hydroxylation is 1. The number of anilines is 2. The molecule has 1 amide bonds. The molecule has 0 saturated carbocycles. The van der Waals surface area contributed by atoms with Crippen LogP contribution in [0, 0.1) is 6.92 Å². The fourth-order valence-electron chi connectivity index (χ4n) is 2.29. The number of aromatic nitrogens is 1. The van der Waals surface area contributed by atoms with Crippen LogP contribution in [0.1, 0.15) is 12.6 Å². The van der Waals surface area contributed by atoms with Crippen molar-refractivity contribution in [2.24, 2.45) is 0 Å². The smallest absolute Gasteiger partial charge is 0.246 e. The van der Waals surface area contributed by atoms with Crippen LogP contribution in [0.15, 0.2) is 70.9 Å². The zero-order valence-electron chi connectivity index (χ0n) is 13.5. The minimum atomic E-state index is -0.211. The summed E-state index contributed by atoms with van der Waals surface area (Å²) in [5.41, 5.74) is 1.77. The summed E-state index contributed by atoms with van der Waals surface area (Å²) in [5, 5.41) is 2.47. The minimum Gasteiger partial charge on any atom is -0.273 e. The van der Waals surface area contributed by atoms with Crippen molar-refractivity contribution >= 4 is 39.8 Å². The molecule has 2 aromatic carbocycles. The van der Waals surface area contributed by atoms with Crippen LogP contribution >= 0.6 is 23.1 Å². The Labute approximate surface area is 150 Å². The van der Waals surface area contributed by atoms with Gasteiger partial charge in [-0.2, -0.15) is 0 Å². The third kappa shape index (κ3) is 3.86. The van der Waals surface area contributed by atoms with Crippen LogP contribution < -0.4 is 4.90 Å². The minimum absolute atomic E-state index is 0.0319. The summed E-state index contributed by atoms with van der Waals surface area (Å²) < 4.78 is 0. The van der Waals surface area contributed by atoms with Gasteiger partial charge in [0.05, 0.1) is 16.6 Å². The average molecular weight is 355 g/mol. The quantitative estimate of drug-likeness (QED) is 0.583. The molecule has 0 saturated heterocycles. The summed E-state index contributed by atoms with van der Waals surface area (Å²) in [4.78, 5) is 20.4. The highest BCUT2D eigenvalue weighted by Crippen LogP contribution is 2.32. The van der Waals surface area contributed by atoms with Crippen LogP contribution in [-0.4, -0.2) is 16.1 Å². The number of carbonyl (C=O) groups excluding carboxylic acids is 1. The van der Waals surface area contributed by atoms with Gasteiger partial charge in [-0.25, -0.2) is 4.98 Å².